The standard InChI is InChI=1S/C42H46N3.C21H28N2O.C21H19N.Cl3OP.ClH/c1-5-43(6-2)36-27-23-33(24-28-36)40(34-25-29-37(30-26-34)44(7-3)8-4)41-38-21-15-16-22-39(38)45(31-32-17-11-9-12-18-32)42(41)35-19-13-10-14-20-35;1-5-22(6-2)19-13-9-17(10-14-19)21(24)18-11-15-20(16-12-18)23(7-3)8-4;1-3-9-17(10-4-1)16-22-20-14-8-7-13-19(20)15-21(22)18-11-5-2-6-12-18;1-5(2,3)4;/h9-29,37H,5-8,30-31H2,1-4H3;9-16H,5-8H2,1-4H3;1-15,19-20H,16H2;;1H/q+1;;;;/p-1. The lowest BCUT2D eigenvalue weighted by atomic mass is 9.83. The maximum Gasteiger partial charge on any atom is 0.339 e. The van der Waals surface area contributed by atoms with Gasteiger partial charge in [0.2, 0.25) is 11.4 Å². The third-order valence-corrected chi connectivity index (χ3v) is 18.3. The molecule has 0 amide bonds. The summed E-state index contributed by atoms with van der Waals surface area (Å²) < 4.78 is 12.0. The quantitative estimate of drug-likeness (QED) is 0.0381. The van der Waals surface area contributed by atoms with E-state index in [1.165, 1.54) is 72.9 Å². The number of halogens is 4. The Bertz CT molecular complexity index is 3990. The number of carbonyl (C=O) groups excluding carboxylic acids is 1. The van der Waals surface area contributed by atoms with Crippen molar-refractivity contribution in [1.82, 2.24) is 9.80 Å². The number of likely N-dealkylation sites (N-methyl/N-ethyl adjacent to an activating group) is 1. The van der Waals surface area contributed by atoms with E-state index >= 15 is 0 Å². The molecule has 0 saturated heterocycles. The van der Waals surface area contributed by atoms with Gasteiger partial charge in [-0.3, -0.25) is 14.3 Å². The molecule has 2 heterocycles. The molecule has 3 atom stereocenters. The van der Waals surface area contributed by atoms with Gasteiger partial charge in [-0.2, -0.15) is 4.58 Å². The van der Waals surface area contributed by atoms with E-state index in [-0.39, 0.29) is 18.2 Å². The van der Waals surface area contributed by atoms with Crippen molar-refractivity contribution in [2.45, 2.75) is 87.0 Å². The average Bonchev–Trinajstić information content (AvgIpc) is 1.62. The molecule has 0 bridgehead atoms. The zero-order valence-corrected chi connectivity index (χ0v) is 61.3. The fourth-order valence-corrected chi connectivity index (χ4v) is 13.4. The van der Waals surface area contributed by atoms with E-state index < -0.39 is 5.20 Å². The minimum Gasteiger partial charge on any atom is -1.00 e. The summed E-state index contributed by atoms with van der Waals surface area (Å²) in [6, 6.07) is 78.2. The minimum atomic E-state index is -3.22. The van der Waals surface area contributed by atoms with Gasteiger partial charge in [0.15, 0.2) is 12.3 Å². The Morgan fingerprint density at radius 1 is 0.505 bits per heavy atom. The Balaban J connectivity index is 0.000000194. The number of carbonyl (C=O) groups is 1. The van der Waals surface area contributed by atoms with Crippen LogP contribution < -0.4 is 27.1 Å². The Kier molecular flexibility index (Phi) is 28.7. The van der Waals surface area contributed by atoms with Crippen LogP contribution in [0.5, 0.6) is 0 Å². The van der Waals surface area contributed by atoms with E-state index in [0.29, 0.717) is 18.0 Å². The predicted molar refractivity (Wildman–Crippen MR) is 413 cm³/mol. The number of hydrogen-bond donors (Lipinski definition) is 0. The molecular formula is C84H93Cl4N6O2P. The van der Waals surface area contributed by atoms with Gasteiger partial charge < -0.3 is 32.0 Å². The Morgan fingerprint density at radius 2 is 0.938 bits per heavy atom. The molecule has 13 heteroatoms. The molecule has 0 fully saturated rings. The first-order valence-electron chi connectivity index (χ1n) is 34.1. The largest absolute Gasteiger partial charge is 1.00 e. The SMILES string of the molecule is C1=CC2C=C(c3ccccc3)N(Cc3ccccc3)C2C=C1.CCN(CC)c1ccc(C(=O)c2ccc(N(CC)CC)cc2)cc1.CCN(CC)c1ccc(C(C2=CCC(N(CC)CC)C=C2)=C2C(c3ccccc3)=[N+](Cc3ccccc3)c3ccccc32)cc1.O=P(Cl)(Cl)Cl.[Cl-]. The van der Waals surface area contributed by atoms with Gasteiger partial charge in [-0.25, -0.2) is 0 Å². The maximum atomic E-state index is 12.7. The normalized spacial score (nSPS) is 16.2. The molecule has 0 spiro atoms. The van der Waals surface area contributed by atoms with E-state index in [9.17, 15) is 9.36 Å². The molecule has 2 aliphatic carbocycles. The maximum absolute atomic E-state index is 12.7. The first-order valence-corrected chi connectivity index (χ1v) is 38.6. The molecule has 0 radical (unpaired) electrons. The number of rotatable bonds is 22. The summed E-state index contributed by atoms with van der Waals surface area (Å²) in [4.78, 5) is 24.7. The summed E-state index contributed by atoms with van der Waals surface area (Å²) in [7, 11) is 0. The van der Waals surface area contributed by atoms with Crippen LogP contribution in [0.25, 0.3) is 16.8 Å². The molecule has 0 N–H and O–H groups in total. The molecule has 2 aliphatic heterocycles. The molecule has 8 aromatic carbocycles. The van der Waals surface area contributed by atoms with E-state index in [1.54, 1.807) is 0 Å². The van der Waals surface area contributed by atoms with Gasteiger partial charge in [-0.1, -0.05) is 196 Å². The summed E-state index contributed by atoms with van der Waals surface area (Å²) in [5, 5.41) is -3.22. The zero-order chi connectivity index (χ0) is 68.0. The van der Waals surface area contributed by atoms with Crippen LogP contribution in [0.15, 0.2) is 273 Å². The fourth-order valence-electron chi connectivity index (χ4n) is 13.4. The molecule has 8 aromatic rings. The molecule has 97 heavy (non-hydrogen) atoms. The lowest BCUT2D eigenvalue weighted by molar-refractivity contribution is -0.453. The van der Waals surface area contributed by atoms with Crippen molar-refractivity contribution >= 4 is 90.0 Å². The molecular weight excluding hydrogens is 1300 g/mol. The lowest BCUT2D eigenvalue weighted by Crippen LogP contribution is -3.00. The lowest BCUT2D eigenvalue weighted by Gasteiger charge is -2.31. The van der Waals surface area contributed by atoms with Crippen molar-refractivity contribution in [3.05, 3.63) is 317 Å². The molecule has 8 nitrogen and oxygen atoms in total. The van der Waals surface area contributed by atoms with E-state index in [4.69, 9.17) is 0 Å². The summed E-state index contributed by atoms with van der Waals surface area (Å²) in [6.07, 6.45) is 19.7. The van der Waals surface area contributed by atoms with Crippen molar-refractivity contribution in [3.63, 3.8) is 0 Å². The van der Waals surface area contributed by atoms with Crippen LogP contribution in [0.2, 0.25) is 0 Å². The molecule has 3 unspecified atom stereocenters. The Hall–Kier alpha value is -7.91. The topological polar surface area (TPSA) is 53.4 Å². The number of para-hydroxylation sites is 1. The highest BCUT2D eigenvalue weighted by atomic mass is 36.0. The van der Waals surface area contributed by atoms with E-state index in [1.807, 2.05) is 48.5 Å². The zero-order valence-electron chi connectivity index (χ0n) is 57.4. The number of anilines is 3. The van der Waals surface area contributed by atoms with Crippen molar-refractivity contribution in [3.8, 4) is 0 Å². The summed E-state index contributed by atoms with van der Waals surface area (Å²) in [6.45, 7) is 27.3. The van der Waals surface area contributed by atoms with Gasteiger partial charge in [0.1, 0.15) is 0 Å². The predicted octanol–water partition coefficient (Wildman–Crippen LogP) is 18.5. The third kappa shape index (κ3) is 19.7. The van der Waals surface area contributed by atoms with Crippen molar-refractivity contribution < 1.29 is 26.3 Å². The highest BCUT2D eigenvalue weighted by molar-refractivity contribution is 8.24. The smallest absolute Gasteiger partial charge is 0.339 e. The average molecular weight is 1390 g/mol. The van der Waals surface area contributed by atoms with Crippen LogP contribution in [0.4, 0.5) is 22.7 Å². The van der Waals surface area contributed by atoms with Crippen LogP contribution >= 0.6 is 38.9 Å². The van der Waals surface area contributed by atoms with Crippen LogP contribution in [0, 0.1) is 5.92 Å². The fraction of sp³-hybridized carbons (Fsp3) is 0.262. The highest BCUT2D eigenvalue weighted by Crippen LogP contribution is 2.61. The van der Waals surface area contributed by atoms with Crippen LogP contribution in [-0.4, -0.2) is 90.3 Å². The van der Waals surface area contributed by atoms with Crippen molar-refractivity contribution in [2.75, 3.05) is 67.1 Å². The first kappa shape index (κ1) is 74.9. The minimum absolute atomic E-state index is 0. The van der Waals surface area contributed by atoms with Gasteiger partial charge >= 0.3 is 5.20 Å². The van der Waals surface area contributed by atoms with Gasteiger partial charge in [-0.15, -0.1) is 0 Å². The number of allylic oxidation sites excluding steroid dienone is 6. The number of hydrogen-bond acceptors (Lipinski definition) is 7. The summed E-state index contributed by atoms with van der Waals surface area (Å²) in [5.41, 5.74) is 20.6. The third-order valence-electron chi connectivity index (χ3n) is 18.3. The highest BCUT2D eigenvalue weighted by Gasteiger charge is 2.39. The molecule has 504 valence electrons. The number of fused-ring (bicyclic) bond motifs is 2. The molecule has 0 saturated carbocycles. The second-order valence-electron chi connectivity index (χ2n) is 23.9. The van der Waals surface area contributed by atoms with E-state index in [2.05, 4.69) is 337 Å². The van der Waals surface area contributed by atoms with Gasteiger partial charge in [-0.05, 0) is 196 Å². The monoisotopic (exact) mass is 1390 g/mol. The van der Waals surface area contributed by atoms with Gasteiger partial charge in [0, 0.05) is 114 Å². The second-order valence-corrected chi connectivity index (χ2v) is 30.5. The number of ketones is 1. The van der Waals surface area contributed by atoms with Crippen molar-refractivity contribution in [1.29, 1.82) is 0 Å². The summed E-state index contributed by atoms with van der Waals surface area (Å²) >= 11 is 13.8. The Morgan fingerprint density at radius 3 is 1.40 bits per heavy atom. The molecule has 0 aromatic heterocycles. The summed E-state index contributed by atoms with van der Waals surface area (Å²) in [5.74, 6) is 0.552. The first-order chi connectivity index (χ1) is 46.7. The number of benzene rings is 8. The Labute approximate surface area is 599 Å². The second kappa shape index (κ2) is 37.2. The number of nitrogens with zero attached hydrogens (tertiary/aromatic N) is 6. The van der Waals surface area contributed by atoms with Gasteiger partial charge in [0.25, 0.3) is 0 Å². The van der Waals surface area contributed by atoms with Crippen LogP contribution in [-0.2, 0) is 17.7 Å². The molecule has 4 aliphatic rings. The van der Waals surface area contributed by atoms with Crippen LogP contribution in [0.1, 0.15) is 111 Å². The van der Waals surface area contributed by atoms with Crippen LogP contribution in [0.3, 0.4) is 0 Å². The molecule has 12 rings (SSSR count). The van der Waals surface area contributed by atoms with Crippen molar-refractivity contribution in [2.24, 2.45) is 5.92 Å². The van der Waals surface area contributed by atoms with Gasteiger partial charge in [0.05, 0.1) is 17.2 Å². The van der Waals surface area contributed by atoms with E-state index in [0.717, 1.165) is 94.4 Å².